The molecule has 2 saturated carbocycles. The van der Waals surface area contributed by atoms with E-state index in [2.05, 4.69) is 63.0 Å². The number of aliphatic hydroxyl groups excluding tert-OH is 2. The summed E-state index contributed by atoms with van der Waals surface area (Å²) in [4.78, 5) is 3.68. The lowest BCUT2D eigenvalue weighted by Gasteiger charge is -2.68. The van der Waals surface area contributed by atoms with Gasteiger partial charge in [0.15, 0.2) is 0 Å². The molecule has 2 aromatic carbocycles. The molecule has 3 aliphatic carbocycles. The summed E-state index contributed by atoms with van der Waals surface area (Å²) < 4.78 is 0. The molecule has 3 nitrogen and oxygen atoms in total. The van der Waals surface area contributed by atoms with Gasteiger partial charge in [0.2, 0.25) is 0 Å². The number of H-pyrrole nitrogens is 1. The van der Waals surface area contributed by atoms with E-state index >= 15 is 0 Å². The molecule has 3 heteroatoms. The van der Waals surface area contributed by atoms with E-state index in [1.54, 1.807) is 0 Å². The van der Waals surface area contributed by atoms with E-state index in [4.69, 9.17) is 0 Å². The van der Waals surface area contributed by atoms with E-state index in [0.717, 1.165) is 32.1 Å². The average Bonchev–Trinajstić information content (AvgIpc) is 3.11. The van der Waals surface area contributed by atoms with Gasteiger partial charge in [0.25, 0.3) is 0 Å². The van der Waals surface area contributed by atoms with Crippen LogP contribution in [0.2, 0.25) is 0 Å². The van der Waals surface area contributed by atoms with Gasteiger partial charge in [-0.25, -0.2) is 0 Å². The van der Waals surface area contributed by atoms with Crippen LogP contribution in [-0.2, 0) is 6.42 Å². The first-order valence-corrected chi connectivity index (χ1v) is 12.2. The summed E-state index contributed by atoms with van der Waals surface area (Å²) in [5, 5.41) is 25.9. The second-order valence-corrected chi connectivity index (χ2v) is 11.2. The van der Waals surface area contributed by atoms with E-state index in [-0.39, 0.29) is 29.0 Å². The number of hydrogen-bond donors (Lipinski definition) is 3. The van der Waals surface area contributed by atoms with Crippen molar-refractivity contribution in [1.82, 2.24) is 4.98 Å². The third-order valence-electron chi connectivity index (χ3n) is 10.2. The van der Waals surface area contributed by atoms with Crippen LogP contribution in [0, 0.1) is 29.6 Å². The standard InChI is InChI=1S/C28H35NO2/c1-15-13-21-24(19-7-5-6-8-20(19)29-21)25-18(15)11-12-28-22(30)10-9-17(3)27(28,4)23(31)14-16(2)26(25)28/h5-8,13,16-17,22-23,26,29-31H,9-12,14H2,1-4H3/t16-,17?,22?,23-,26-,27+,28?/m1/s1. The predicted molar refractivity (Wildman–Crippen MR) is 126 cm³/mol. The summed E-state index contributed by atoms with van der Waals surface area (Å²) in [6.45, 7) is 9.19. The average molecular weight is 418 g/mol. The van der Waals surface area contributed by atoms with Crippen LogP contribution < -0.4 is 0 Å². The minimum Gasteiger partial charge on any atom is -0.393 e. The van der Waals surface area contributed by atoms with Crippen LogP contribution >= 0.6 is 0 Å². The maximum atomic E-state index is 11.7. The van der Waals surface area contributed by atoms with Crippen molar-refractivity contribution >= 4 is 21.8 Å². The molecule has 0 aliphatic heterocycles. The second kappa shape index (κ2) is 6.36. The first kappa shape index (κ1) is 19.8. The van der Waals surface area contributed by atoms with Crippen molar-refractivity contribution in [2.45, 2.75) is 77.9 Å². The van der Waals surface area contributed by atoms with E-state index in [1.807, 2.05) is 0 Å². The van der Waals surface area contributed by atoms with Crippen molar-refractivity contribution in [3.8, 4) is 0 Å². The van der Waals surface area contributed by atoms with Crippen molar-refractivity contribution in [2.75, 3.05) is 0 Å². The molecule has 164 valence electrons. The molecule has 0 radical (unpaired) electrons. The number of aromatic amines is 1. The Kier molecular flexibility index (Phi) is 4.06. The molecular formula is C28H35NO2. The molecule has 3 unspecified atom stereocenters. The van der Waals surface area contributed by atoms with Gasteiger partial charge in [0, 0.05) is 32.6 Å². The Morgan fingerprint density at radius 3 is 2.61 bits per heavy atom. The molecule has 31 heavy (non-hydrogen) atoms. The minimum atomic E-state index is -0.356. The highest BCUT2D eigenvalue weighted by Gasteiger charge is 2.68. The normalized spacial score (nSPS) is 39.9. The molecule has 1 heterocycles. The lowest BCUT2D eigenvalue weighted by atomic mass is 9.37. The molecule has 1 spiro atoms. The van der Waals surface area contributed by atoms with Crippen LogP contribution in [0.15, 0.2) is 30.3 Å². The Labute approximate surface area is 184 Å². The third kappa shape index (κ3) is 2.22. The molecule has 2 fully saturated rings. The molecular weight excluding hydrogens is 382 g/mol. The van der Waals surface area contributed by atoms with Crippen molar-refractivity contribution in [3.63, 3.8) is 0 Å². The SMILES string of the molecule is Cc1cc2[nH]c3ccccc3c2c2c1CCC13C(O)CCC(C)[C@@]1(C)[C@H](O)C[C@@H](C)[C@H]23. The number of para-hydroxylation sites is 1. The Balaban J connectivity index is 1.73. The van der Waals surface area contributed by atoms with Gasteiger partial charge in [0.1, 0.15) is 0 Å². The van der Waals surface area contributed by atoms with E-state index in [9.17, 15) is 10.2 Å². The van der Waals surface area contributed by atoms with Crippen molar-refractivity contribution < 1.29 is 10.2 Å². The van der Waals surface area contributed by atoms with Crippen LogP contribution in [0.1, 0.15) is 69.1 Å². The van der Waals surface area contributed by atoms with Gasteiger partial charge in [-0.3, -0.25) is 0 Å². The zero-order valence-corrected chi connectivity index (χ0v) is 19.2. The molecule has 3 aliphatic rings. The predicted octanol–water partition coefficient (Wildman–Crippen LogP) is 5.84. The number of aliphatic hydroxyl groups is 2. The van der Waals surface area contributed by atoms with Gasteiger partial charge in [-0.05, 0) is 85.6 Å². The zero-order valence-electron chi connectivity index (χ0n) is 19.2. The van der Waals surface area contributed by atoms with Crippen LogP contribution in [0.5, 0.6) is 0 Å². The molecule has 0 bridgehead atoms. The Morgan fingerprint density at radius 2 is 1.81 bits per heavy atom. The molecule has 0 saturated heterocycles. The summed E-state index contributed by atoms with van der Waals surface area (Å²) in [5.74, 6) is 1.01. The van der Waals surface area contributed by atoms with Crippen LogP contribution in [0.25, 0.3) is 21.8 Å². The first-order valence-electron chi connectivity index (χ1n) is 12.2. The van der Waals surface area contributed by atoms with Crippen LogP contribution in [-0.4, -0.2) is 27.4 Å². The number of benzene rings is 2. The van der Waals surface area contributed by atoms with Gasteiger partial charge in [-0.2, -0.15) is 0 Å². The van der Waals surface area contributed by atoms with Crippen molar-refractivity contribution in [1.29, 1.82) is 0 Å². The minimum absolute atomic E-state index is 0.262. The molecule has 6 rings (SSSR count). The van der Waals surface area contributed by atoms with Gasteiger partial charge < -0.3 is 15.2 Å². The van der Waals surface area contributed by atoms with E-state index in [1.165, 1.54) is 38.5 Å². The maximum Gasteiger partial charge on any atom is 0.0608 e. The summed E-state index contributed by atoms with van der Waals surface area (Å²) in [6, 6.07) is 11.0. The molecule has 1 aromatic heterocycles. The van der Waals surface area contributed by atoms with E-state index < -0.39 is 0 Å². The Hall–Kier alpha value is -1.84. The first-order chi connectivity index (χ1) is 14.8. The van der Waals surface area contributed by atoms with Gasteiger partial charge in [-0.15, -0.1) is 0 Å². The Morgan fingerprint density at radius 1 is 1.03 bits per heavy atom. The molecule has 0 amide bonds. The number of aromatic nitrogens is 1. The fourth-order valence-corrected chi connectivity index (χ4v) is 8.57. The summed E-state index contributed by atoms with van der Waals surface area (Å²) in [7, 11) is 0. The zero-order chi connectivity index (χ0) is 21.7. The van der Waals surface area contributed by atoms with Crippen LogP contribution in [0.4, 0.5) is 0 Å². The fourth-order valence-electron chi connectivity index (χ4n) is 8.57. The molecule has 3 aromatic rings. The van der Waals surface area contributed by atoms with Crippen LogP contribution in [0.3, 0.4) is 0 Å². The lowest BCUT2D eigenvalue weighted by molar-refractivity contribution is -0.234. The summed E-state index contributed by atoms with van der Waals surface area (Å²) >= 11 is 0. The lowest BCUT2D eigenvalue weighted by Crippen LogP contribution is -2.67. The number of aryl methyl sites for hydroxylation is 1. The summed E-state index contributed by atoms with van der Waals surface area (Å²) in [6.07, 6.45) is 3.93. The number of hydrogen-bond acceptors (Lipinski definition) is 2. The van der Waals surface area contributed by atoms with Gasteiger partial charge in [-0.1, -0.05) is 39.0 Å². The summed E-state index contributed by atoms with van der Waals surface area (Å²) in [5.41, 5.74) is 6.19. The topological polar surface area (TPSA) is 56.2 Å². The number of fused-ring (bicyclic) bond motifs is 6. The highest BCUT2D eigenvalue weighted by molar-refractivity contribution is 6.10. The monoisotopic (exact) mass is 417 g/mol. The third-order valence-corrected chi connectivity index (χ3v) is 10.2. The van der Waals surface area contributed by atoms with E-state index in [0.29, 0.717) is 11.8 Å². The van der Waals surface area contributed by atoms with Crippen molar-refractivity contribution in [2.24, 2.45) is 22.7 Å². The quantitative estimate of drug-likeness (QED) is 0.430. The molecule has 7 atom stereocenters. The van der Waals surface area contributed by atoms with Gasteiger partial charge >= 0.3 is 0 Å². The van der Waals surface area contributed by atoms with Gasteiger partial charge in [0.05, 0.1) is 12.2 Å². The highest BCUT2D eigenvalue weighted by Crippen LogP contribution is 2.71. The highest BCUT2D eigenvalue weighted by atomic mass is 16.3. The fraction of sp³-hybridized carbons (Fsp3) is 0.571. The second-order valence-electron chi connectivity index (χ2n) is 11.2. The molecule has 3 N–H and O–H groups in total. The maximum absolute atomic E-state index is 11.7. The Bertz CT molecular complexity index is 1190. The smallest absolute Gasteiger partial charge is 0.0608 e. The number of nitrogens with one attached hydrogen (secondary N) is 1. The number of rotatable bonds is 0. The largest absolute Gasteiger partial charge is 0.393 e. The van der Waals surface area contributed by atoms with Crippen molar-refractivity contribution in [3.05, 3.63) is 47.0 Å².